The van der Waals surface area contributed by atoms with Gasteiger partial charge in [-0.15, -0.1) is 0 Å². The quantitative estimate of drug-likeness (QED) is 0.789. The highest BCUT2D eigenvalue weighted by molar-refractivity contribution is 5.94. The normalized spacial score (nSPS) is 9.87. The van der Waals surface area contributed by atoms with E-state index in [4.69, 9.17) is 5.73 Å². The van der Waals surface area contributed by atoms with Crippen LogP contribution in [0.4, 0.5) is 0 Å². The first-order chi connectivity index (χ1) is 6.93. The zero-order valence-electron chi connectivity index (χ0n) is 9.72. The molecule has 0 spiro atoms. The van der Waals surface area contributed by atoms with Crippen molar-refractivity contribution < 1.29 is 4.79 Å². The Labute approximate surface area is 90.8 Å². The van der Waals surface area contributed by atoms with Crippen molar-refractivity contribution >= 4 is 11.5 Å². The second-order valence-electron chi connectivity index (χ2n) is 4.02. The van der Waals surface area contributed by atoms with E-state index in [1.165, 1.54) is 16.7 Å². The van der Waals surface area contributed by atoms with Crippen LogP contribution in [0, 0.1) is 6.92 Å². The van der Waals surface area contributed by atoms with E-state index in [2.05, 4.69) is 20.8 Å². The monoisotopic (exact) mass is 203 g/mol. The number of benzene rings is 1. The lowest BCUT2D eigenvalue weighted by Crippen LogP contribution is -2.11. The summed E-state index contributed by atoms with van der Waals surface area (Å²) in [6.07, 6.45) is 0. The summed E-state index contributed by atoms with van der Waals surface area (Å²) in [4.78, 5) is 11.1. The molecular formula is C13H17NO. The molecule has 1 aromatic rings. The number of hydrogen-bond acceptors (Lipinski definition) is 1. The van der Waals surface area contributed by atoms with Crippen molar-refractivity contribution in [3.05, 3.63) is 40.5 Å². The maximum absolute atomic E-state index is 11.1. The summed E-state index contributed by atoms with van der Waals surface area (Å²) in [6.45, 7) is 8.21. The summed E-state index contributed by atoms with van der Waals surface area (Å²) < 4.78 is 0. The first-order valence-electron chi connectivity index (χ1n) is 4.98. The molecular weight excluding hydrogens is 186 g/mol. The van der Waals surface area contributed by atoms with Crippen molar-refractivity contribution in [2.24, 2.45) is 5.73 Å². The van der Waals surface area contributed by atoms with Crippen LogP contribution in [0.1, 0.15) is 42.3 Å². The van der Waals surface area contributed by atoms with E-state index in [1.807, 2.05) is 19.1 Å². The van der Waals surface area contributed by atoms with Gasteiger partial charge in [-0.25, -0.2) is 0 Å². The average molecular weight is 203 g/mol. The minimum Gasteiger partial charge on any atom is -0.366 e. The first-order valence-corrected chi connectivity index (χ1v) is 4.98. The van der Waals surface area contributed by atoms with E-state index in [0.29, 0.717) is 5.56 Å². The van der Waals surface area contributed by atoms with Crippen molar-refractivity contribution in [2.75, 3.05) is 0 Å². The Morgan fingerprint density at radius 2 is 1.80 bits per heavy atom. The number of aryl methyl sites for hydroxylation is 1. The van der Waals surface area contributed by atoms with Gasteiger partial charge in [-0.2, -0.15) is 0 Å². The van der Waals surface area contributed by atoms with Crippen LogP contribution in [0.3, 0.4) is 0 Å². The van der Waals surface area contributed by atoms with Crippen LogP contribution >= 0.6 is 0 Å². The molecule has 1 aromatic carbocycles. The molecule has 2 heteroatoms. The highest BCUT2D eigenvalue weighted by Gasteiger charge is 2.06. The summed E-state index contributed by atoms with van der Waals surface area (Å²) in [7, 11) is 0. The van der Waals surface area contributed by atoms with Gasteiger partial charge in [0.2, 0.25) is 5.91 Å². The number of carbonyl (C=O) groups is 1. The predicted molar refractivity (Wildman–Crippen MR) is 63.6 cm³/mol. The Kier molecular flexibility index (Phi) is 3.30. The molecule has 0 bridgehead atoms. The zero-order chi connectivity index (χ0) is 11.6. The Morgan fingerprint density at radius 1 is 1.20 bits per heavy atom. The topological polar surface area (TPSA) is 43.1 Å². The lowest BCUT2D eigenvalue weighted by atomic mass is 9.96. The molecule has 0 saturated heterocycles. The van der Waals surface area contributed by atoms with Gasteiger partial charge in [-0.05, 0) is 56.5 Å². The molecule has 0 aromatic heterocycles. The van der Waals surface area contributed by atoms with Crippen LogP contribution in [0.5, 0.6) is 0 Å². The molecule has 0 aliphatic rings. The van der Waals surface area contributed by atoms with Gasteiger partial charge in [0.25, 0.3) is 0 Å². The number of carbonyl (C=O) groups excluding carboxylic acids is 1. The van der Waals surface area contributed by atoms with E-state index < -0.39 is 0 Å². The van der Waals surface area contributed by atoms with Crippen LogP contribution in [0.15, 0.2) is 23.8 Å². The molecule has 1 rings (SSSR count). The van der Waals surface area contributed by atoms with E-state index in [-0.39, 0.29) is 5.91 Å². The smallest absolute Gasteiger partial charge is 0.248 e. The fraction of sp³-hybridized carbons (Fsp3) is 0.308. The molecule has 0 saturated carbocycles. The second-order valence-corrected chi connectivity index (χ2v) is 4.02. The van der Waals surface area contributed by atoms with Crippen LogP contribution in [0.25, 0.3) is 5.57 Å². The molecule has 80 valence electrons. The third-order valence-electron chi connectivity index (χ3n) is 2.68. The third-order valence-corrected chi connectivity index (χ3v) is 2.68. The van der Waals surface area contributed by atoms with Crippen LogP contribution in [-0.2, 0) is 0 Å². The SMILES string of the molecule is CC(C)=C(C)c1cc(C(N)=O)ccc1C. The lowest BCUT2D eigenvalue weighted by molar-refractivity contribution is 0.100. The molecule has 0 aliphatic carbocycles. The Hall–Kier alpha value is -1.57. The molecule has 0 fully saturated rings. The highest BCUT2D eigenvalue weighted by Crippen LogP contribution is 2.22. The maximum Gasteiger partial charge on any atom is 0.248 e. The van der Waals surface area contributed by atoms with Gasteiger partial charge in [0.1, 0.15) is 0 Å². The fourth-order valence-electron chi connectivity index (χ4n) is 1.45. The van der Waals surface area contributed by atoms with Crippen LogP contribution < -0.4 is 5.73 Å². The zero-order valence-corrected chi connectivity index (χ0v) is 9.72. The van der Waals surface area contributed by atoms with Gasteiger partial charge in [0, 0.05) is 5.56 Å². The van der Waals surface area contributed by atoms with Gasteiger partial charge in [0.05, 0.1) is 0 Å². The third kappa shape index (κ3) is 2.46. The summed E-state index contributed by atoms with van der Waals surface area (Å²) in [6, 6.07) is 5.56. The Morgan fingerprint density at radius 3 is 2.27 bits per heavy atom. The summed E-state index contributed by atoms with van der Waals surface area (Å²) >= 11 is 0. The van der Waals surface area contributed by atoms with Gasteiger partial charge in [0.15, 0.2) is 0 Å². The van der Waals surface area contributed by atoms with Crippen LogP contribution in [-0.4, -0.2) is 5.91 Å². The van der Waals surface area contributed by atoms with E-state index in [1.54, 1.807) is 6.07 Å². The van der Waals surface area contributed by atoms with Crippen LogP contribution in [0.2, 0.25) is 0 Å². The molecule has 0 unspecified atom stereocenters. The molecule has 0 heterocycles. The van der Waals surface area contributed by atoms with Crippen molar-refractivity contribution in [2.45, 2.75) is 27.7 Å². The van der Waals surface area contributed by atoms with E-state index in [0.717, 1.165) is 5.56 Å². The van der Waals surface area contributed by atoms with E-state index in [9.17, 15) is 4.79 Å². The average Bonchev–Trinajstić information content (AvgIpc) is 2.16. The van der Waals surface area contributed by atoms with Gasteiger partial charge in [-0.3, -0.25) is 4.79 Å². The minimum absolute atomic E-state index is 0.377. The number of amides is 1. The summed E-state index contributed by atoms with van der Waals surface area (Å²) in [5.74, 6) is -0.377. The first kappa shape index (κ1) is 11.5. The van der Waals surface area contributed by atoms with Gasteiger partial charge >= 0.3 is 0 Å². The number of nitrogens with two attached hydrogens (primary N) is 1. The van der Waals surface area contributed by atoms with E-state index >= 15 is 0 Å². The van der Waals surface area contributed by atoms with Crippen molar-refractivity contribution in [3.8, 4) is 0 Å². The van der Waals surface area contributed by atoms with Gasteiger partial charge < -0.3 is 5.73 Å². The van der Waals surface area contributed by atoms with Gasteiger partial charge in [-0.1, -0.05) is 11.6 Å². The fourth-order valence-corrected chi connectivity index (χ4v) is 1.45. The Bertz CT molecular complexity index is 426. The molecule has 0 atom stereocenters. The molecule has 0 aliphatic heterocycles. The molecule has 2 nitrogen and oxygen atoms in total. The molecule has 15 heavy (non-hydrogen) atoms. The van der Waals surface area contributed by atoms with Crippen molar-refractivity contribution in [3.63, 3.8) is 0 Å². The number of rotatable bonds is 2. The highest BCUT2D eigenvalue weighted by atomic mass is 16.1. The minimum atomic E-state index is -0.377. The Balaban J connectivity index is 3.35. The maximum atomic E-state index is 11.1. The lowest BCUT2D eigenvalue weighted by Gasteiger charge is -2.09. The van der Waals surface area contributed by atoms with Crippen molar-refractivity contribution in [1.82, 2.24) is 0 Å². The largest absolute Gasteiger partial charge is 0.366 e. The number of primary amides is 1. The molecule has 2 N–H and O–H groups in total. The predicted octanol–water partition coefficient (Wildman–Crippen LogP) is 2.91. The summed E-state index contributed by atoms with van der Waals surface area (Å²) in [5, 5.41) is 0. The number of allylic oxidation sites excluding steroid dienone is 2. The molecule has 0 radical (unpaired) electrons. The summed E-state index contributed by atoms with van der Waals surface area (Å²) in [5.41, 5.74) is 10.5. The standard InChI is InChI=1S/C13H17NO/c1-8(2)10(4)12-7-11(13(14)15)6-5-9(12)3/h5-7H,1-4H3,(H2,14,15). The van der Waals surface area contributed by atoms with Crippen molar-refractivity contribution in [1.29, 1.82) is 0 Å². The number of hydrogen-bond donors (Lipinski definition) is 1. The molecule has 1 amide bonds. The second kappa shape index (κ2) is 4.30.